The van der Waals surface area contributed by atoms with Crippen molar-refractivity contribution in [2.75, 3.05) is 26.3 Å². The Balaban J connectivity index is 2.54. The Labute approximate surface area is 99.0 Å². The molecule has 0 aliphatic carbocycles. The Morgan fingerprint density at radius 2 is 2.00 bits per heavy atom. The topological polar surface area (TPSA) is 3.24 Å². The minimum atomic E-state index is -0.191. The highest BCUT2D eigenvalue weighted by molar-refractivity contribution is 5.28. The molecule has 0 saturated carbocycles. The van der Waals surface area contributed by atoms with E-state index >= 15 is 0 Å². The summed E-state index contributed by atoms with van der Waals surface area (Å²) >= 11 is 0. The molecule has 1 rings (SSSR count). The largest absolute Gasteiger partial charge is 0.303 e. The van der Waals surface area contributed by atoms with E-state index in [0.29, 0.717) is 6.42 Å². The number of hydrogen-bond donors (Lipinski definition) is 0. The van der Waals surface area contributed by atoms with Gasteiger partial charge in [-0.15, -0.1) is 0 Å². The van der Waals surface area contributed by atoms with E-state index in [9.17, 15) is 4.39 Å². The van der Waals surface area contributed by atoms with E-state index in [1.54, 1.807) is 0 Å². The first-order chi connectivity index (χ1) is 7.63. The zero-order valence-corrected chi connectivity index (χ0v) is 10.9. The highest BCUT2D eigenvalue weighted by Gasteiger charge is 2.12. The number of hydrogen-bond acceptors (Lipinski definition) is 1. The summed E-state index contributed by atoms with van der Waals surface area (Å²) in [5, 5.41) is 0. The Bertz CT molecular complexity index is 274. The molecule has 0 amide bonds. The van der Waals surface area contributed by atoms with Crippen LogP contribution in [0.3, 0.4) is 0 Å². The van der Waals surface area contributed by atoms with Gasteiger partial charge in [-0.25, -0.2) is 0 Å². The van der Waals surface area contributed by atoms with Crippen LogP contribution < -0.4 is 0 Å². The van der Waals surface area contributed by atoms with Crippen LogP contribution in [0, 0.1) is 0 Å². The monoisotopic (exact) mass is 225 g/mol. The summed E-state index contributed by atoms with van der Waals surface area (Å²) in [6.07, 6.45) is 5.22. The molecule has 0 aromatic heterocycles. The van der Waals surface area contributed by atoms with Crippen molar-refractivity contribution in [3.63, 3.8) is 0 Å². The van der Waals surface area contributed by atoms with E-state index in [2.05, 4.69) is 31.7 Å². The van der Waals surface area contributed by atoms with Gasteiger partial charge in [-0.2, -0.15) is 0 Å². The molecule has 0 unspecified atom stereocenters. The lowest BCUT2D eigenvalue weighted by Crippen LogP contribution is -2.26. The molecule has 0 aromatic rings. The van der Waals surface area contributed by atoms with Crippen LogP contribution in [0.15, 0.2) is 22.8 Å². The van der Waals surface area contributed by atoms with E-state index in [0.717, 1.165) is 32.5 Å². The fourth-order valence-corrected chi connectivity index (χ4v) is 2.14. The fraction of sp³-hybridized carbons (Fsp3) is 0.714. The maximum atomic E-state index is 12.1. The van der Waals surface area contributed by atoms with Crippen molar-refractivity contribution in [1.82, 2.24) is 4.90 Å². The van der Waals surface area contributed by atoms with Crippen LogP contribution in [0.25, 0.3) is 0 Å². The number of allylic oxidation sites excluding steroid dienone is 2. The van der Waals surface area contributed by atoms with Gasteiger partial charge < -0.3 is 4.90 Å². The normalized spacial score (nSPS) is 18.5. The van der Waals surface area contributed by atoms with Gasteiger partial charge in [0.25, 0.3) is 0 Å². The van der Waals surface area contributed by atoms with Crippen LogP contribution in [0.4, 0.5) is 4.39 Å². The Morgan fingerprint density at radius 1 is 1.31 bits per heavy atom. The summed E-state index contributed by atoms with van der Waals surface area (Å²) in [6.45, 7) is 9.41. The standard InChI is InChI=1S/C14H24FN/c1-12(2)11-14-6-10-16(8-4-7-15)9-5-13(14)3/h11H,4-10H2,1-3H3. The summed E-state index contributed by atoms with van der Waals surface area (Å²) in [7, 11) is 0. The fourth-order valence-electron chi connectivity index (χ4n) is 2.14. The highest BCUT2D eigenvalue weighted by atomic mass is 19.1. The molecule has 0 saturated heterocycles. The minimum absolute atomic E-state index is 0.191. The van der Waals surface area contributed by atoms with Gasteiger partial charge in [0.1, 0.15) is 0 Å². The number of rotatable bonds is 4. The lowest BCUT2D eigenvalue weighted by Gasteiger charge is -2.18. The third-order valence-corrected chi connectivity index (χ3v) is 3.12. The first-order valence-electron chi connectivity index (χ1n) is 6.25. The summed E-state index contributed by atoms with van der Waals surface area (Å²) in [5.74, 6) is 0. The van der Waals surface area contributed by atoms with Crippen LogP contribution >= 0.6 is 0 Å². The van der Waals surface area contributed by atoms with Crippen LogP contribution in [-0.2, 0) is 0 Å². The molecule has 1 aliphatic rings. The van der Waals surface area contributed by atoms with Gasteiger partial charge in [-0.1, -0.05) is 17.2 Å². The van der Waals surface area contributed by atoms with Crippen molar-refractivity contribution < 1.29 is 4.39 Å². The zero-order valence-electron chi connectivity index (χ0n) is 10.9. The molecule has 1 nitrogen and oxygen atoms in total. The molecule has 0 atom stereocenters. The molecule has 16 heavy (non-hydrogen) atoms. The van der Waals surface area contributed by atoms with Crippen molar-refractivity contribution in [3.8, 4) is 0 Å². The third kappa shape index (κ3) is 4.48. The Morgan fingerprint density at radius 3 is 2.62 bits per heavy atom. The summed E-state index contributed by atoms with van der Waals surface area (Å²) in [6, 6.07) is 0. The van der Waals surface area contributed by atoms with E-state index in [1.807, 2.05) is 0 Å². The van der Waals surface area contributed by atoms with Crippen molar-refractivity contribution in [3.05, 3.63) is 22.8 Å². The molecule has 0 N–H and O–H groups in total. The maximum Gasteiger partial charge on any atom is 0.0906 e. The molecule has 1 heterocycles. The molecule has 0 fully saturated rings. The van der Waals surface area contributed by atoms with E-state index in [1.165, 1.54) is 16.7 Å². The van der Waals surface area contributed by atoms with Crippen molar-refractivity contribution in [2.45, 2.75) is 40.0 Å². The number of nitrogens with zero attached hydrogens (tertiary/aromatic N) is 1. The molecular formula is C14H24FN. The van der Waals surface area contributed by atoms with Gasteiger partial charge in [0.2, 0.25) is 0 Å². The minimum Gasteiger partial charge on any atom is -0.303 e. The SMILES string of the molecule is CC(C)=CC1=C(C)CCN(CCCF)CC1. The molecule has 2 heteroatoms. The lowest BCUT2D eigenvalue weighted by molar-refractivity contribution is 0.270. The molecule has 0 spiro atoms. The van der Waals surface area contributed by atoms with Gasteiger partial charge in [-0.3, -0.25) is 4.39 Å². The van der Waals surface area contributed by atoms with E-state index < -0.39 is 0 Å². The second-order valence-corrected chi connectivity index (χ2v) is 4.91. The van der Waals surface area contributed by atoms with Crippen molar-refractivity contribution in [2.24, 2.45) is 0 Å². The number of halogens is 1. The Kier molecular flexibility index (Phi) is 5.75. The van der Waals surface area contributed by atoms with Crippen LogP contribution in [0.2, 0.25) is 0 Å². The maximum absolute atomic E-state index is 12.1. The first kappa shape index (κ1) is 13.4. The molecule has 0 bridgehead atoms. The average Bonchev–Trinajstić information content (AvgIpc) is 2.40. The summed E-state index contributed by atoms with van der Waals surface area (Å²) in [4.78, 5) is 2.38. The molecule has 1 aliphatic heterocycles. The summed E-state index contributed by atoms with van der Waals surface area (Å²) in [5.41, 5.74) is 4.36. The second-order valence-electron chi connectivity index (χ2n) is 4.91. The summed E-state index contributed by atoms with van der Waals surface area (Å²) < 4.78 is 12.1. The zero-order chi connectivity index (χ0) is 12.0. The Hall–Kier alpha value is -0.630. The van der Waals surface area contributed by atoms with Gasteiger partial charge >= 0.3 is 0 Å². The van der Waals surface area contributed by atoms with Crippen molar-refractivity contribution >= 4 is 0 Å². The third-order valence-electron chi connectivity index (χ3n) is 3.12. The van der Waals surface area contributed by atoms with Crippen LogP contribution in [-0.4, -0.2) is 31.2 Å². The predicted octanol–water partition coefficient (Wildman–Crippen LogP) is 3.72. The van der Waals surface area contributed by atoms with Crippen molar-refractivity contribution in [1.29, 1.82) is 0 Å². The highest BCUT2D eigenvalue weighted by Crippen LogP contribution is 2.20. The number of alkyl halides is 1. The molecular weight excluding hydrogens is 201 g/mol. The van der Waals surface area contributed by atoms with Gasteiger partial charge in [0.05, 0.1) is 6.67 Å². The van der Waals surface area contributed by atoms with Gasteiger partial charge in [-0.05, 0) is 45.6 Å². The molecule has 92 valence electrons. The predicted molar refractivity (Wildman–Crippen MR) is 68.4 cm³/mol. The van der Waals surface area contributed by atoms with Crippen LogP contribution in [0.1, 0.15) is 40.0 Å². The molecule has 0 radical (unpaired) electrons. The van der Waals surface area contributed by atoms with E-state index in [-0.39, 0.29) is 6.67 Å². The van der Waals surface area contributed by atoms with E-state index in [4.69, 9.17) is 0 Å². The lowest BCUT2D eigenvalue weighted by atomic mass is 10.0. The molecule has 0 aromatic carbocycles. The second kappa shape index (κ2) is 6.85. The van der Waals surface area contributed by atoms with Crippen LogP contribution in [0.5, 0.6) is 0 Å². The first-order valence-corrected chi connectivity index (χ1v) is 6.25. The average molecular weight is 225 g/mol. The quantitative estimate of drug-likeness (QED) is 0.704. The van der Waals surface area contributed by atoms with Gasteiger partial charge in [0.15, 0.2) is 0 Å². The smallest absolute Gasteiger partial charge is 0.0906 e. The van der Waals surface area contributed by atoms with Gasteiger partial charge in [0, 0.05) is 19.6 Å².